The van der Waals surface area contributed by atoms with Gasteiger partial charge in [-0.1, -0.05) is 0 Å². The second-order valence-corrected chi connectivity index (χ2v) is 4.00. The number of hydrogen-bond donors (Lipinski definition) is 2. The van der Waals surface area contributed by atoms with Gasteiger partial charge in [-0.15, -0.1) is 0 Å². The Morgan fingerprint density at radius 2 is 2.06 bits per heavy atom. The van der Waals surface area contributed by atoms with Crippen LogP contribution in [0.15, 0.2) is 4.99 Å². The number of morpholine rings is 1. The Hall–Kier alpha value is -0.810. The first-order valence-electron chi connectivity index (χ1n) is 6.08. The van der Waals surface area contributed by atoms with Gasteiger partial charge in [-0.3, -0.25) is 4.99 Å². The van der Waals surface area contributed by atoms with E-state index in [9.17, 15) is 0 Å². The van der Waals surface area contributed by atoms with Crippen molar-refractivity contribution in [1.29, 1.82) is 0 Å². The van der Waals surface area contributed by atoms with Crippen molar-refractivity contribution in [2.45, 2.75) is 20.0 Å². The summed E-state index contributed by atoms with van der Waals surface area (Å²) in [6.07, 6.45) is 0.228. The van der Waals surface area contributed by atoms with Crippen molar-refractivity contribution in [3.05, 3.63) is 0 Å². The van der Waals surface area contributed by atoms with Crippen LogP contribution in [-0.2, 0) is 4.74 Å². The largest absolute Gasteiger partial charge is 0.374 e. The minimum atomic E-state index is 0.228. The lowest BCUT2D eigenvalue weighted by Crippen LogP contribution is -2.43. The molecule has 5 heteroatoms. The normalized spacial score (nSPS) is 21.6. The lowest BCUT2D eigenvalue weighted by molar-refractivity contribution is -0.0136. The van der Waals surface area contributed by atoms with Crippen molar-refractivity contribution in [1.82, 2.24) is 15.5 Å². The van der Waals surface area contributed by atoms with Gasteiger partial charge < -0.3 is 20.3 Å². The zero-order valence-electron chi connectivity index (χ0n) is 10.6. The van der Waals surface area contributed by atoms with Crippen molar-refractivity contribution in [3.63, 3.8) is 0 Å². The summed E-state index contributed by atoms with van der Waals surface area (Å²) in [6.45, 7) is 9.43. The Balaban J connectivity index is 2.35. The maximum Gasteiger partial charge on any atom is 0.191 e. The van der Waals surface area contributed by atoms with E-state index >= 15 is 0 Å². The number of guanidine groups is 1. The van der Waals surface area contributed by atoms with E-state index in [0.29, 0.717) is 0 Å². The molecule has 1 unspecified atom stereocenters. The molecular weight excluding hydrogens is 204 g/mol. The molecule has 1 heterocycles. The molecule has 0 spiro atoms. The van der Waals surface area contributed by atoms with E-state index in [-0.39, 0.29) is 6.10 Å². The molecule has 1 fully saturated rings. The molecule has 0 aliphatic carbocycles. The number of nitrogens with one attached hydrogen (secondary N) is 2. The summed E-state index contributed by atoms with van der Waals surface area (Å²) in [7, 11) is 2.12. The first-order valence-corrected chi connectivity index (χ1v) is 6.08. The quantitative estimate of drug-likeness (QED) is 0.521. The van der Waals surface area contributed by atoms with Gasteiger partial charge in [0.2, 0.25) is 0 Å². The van der Waals surface area contributed by atoms with Crippen LogP contribution < -0.4 is 10.6 Å². The molecule has 0 radical (unpaired) electrons. The lowest BCUT2D eigenvalue weighted by atomic mass is 10.3. The highest BCUT2D eigenvalue weighted by molar-refractivity contribution is 5.79. The summed E-state index contributed by atoms with van der Waals surface area (Å²) in [4.78, 5) is 6.79. The van der Waals surface area contributed by atoms with Gasteiger partial charge >= 0.3 is 0 Å². The van der Waals surface area contributed by atoms with Crippen molar-refractivity contribution in [2.24, 2.45) is 4.99 Å². The fraction of sp³-hybridized carbons (Fsp3) is 0.909. The maximum absolute atomic E-state index is 5.65. The average molecular weight is 228 g/mol. The van der Waals surface area contributed by atoms with Crippen LogP contribution in [0.5, 0.6) is 0 Å². The van der Waals surface area contributed by atoms with Crippen LogP contribution >= 0.6 is 0 Å². The van der Waals surface area contributed by atoms with Crippen LogP contribution in [-0.4, -0.2) is 63.3 Å². The van der Waals surface area contributed by atoms with Crippen LogP contribution in [0.3, 0.4) is 0 Å². The third-order valence-electron chi connectivity index (χ3n) is 2.48. The molecule has 94 valence electrons. The number of hydrogen-bond acceptors (Lipinski definition) is 3. The molecule has 0 bridgehead atoms. The van der Waals surface area contributed by atoms with Crippen molar-refractivity contribution < 1.29 is 4.74 Å². The first-order chi connectivity index (χ1) is 7.76. The molecular formula is C11H24N4O. The van der Waals surface area contributed by atoms with Crippen LogP contribution in [0.1, 0.15) is 13.8 Å². The summed E-state index contributed by atoms with van der Waals surface area (Å²) in [5.41, 5.74) is 0. The van der Waals surface area contributed by atoms with Crippen LogP contribution in [0.2, 0.25) is 0 Å². The van der Waals surface area contributed by atoms with Gasteiger partial charge in [-0.25, -0.2) is 0 Å². The predicted molar refractivity (Wildman–Crippen MR) is 66.9 cm³/mol. The topological polar surface area (TPSA) is 48.9 Å². The number of aliphatic imine (C=N–C) groups is 1. The number of nitrogens with zero attached hydrogens (tertiary/aromatic N) is 2. The monoisotopic (exact) mass is 228 g/mol. The molecule has 0 amide bonds. The summed E-state index contributed by atoms with van der Waals surface area (Å²) in [5, 5.41) is 6.41. The van der Waals surface area contributed by atoms with Gasteiger partial charge in [0.05, 0.1) is 19.3 Å². The summed E-state index contributed by atoms with van der Waals surface area (Å²) >= 11 is 0. The maximum atomic E-state index is 5.65. The minimum Gasteiger partial charge on any atom is -0.374 e. The fourth-order valence-electron chi connectivity index (χ4n) is 1.68. The highest BCUT2D eigenvalue weighted by Crippen LogP contribution is 2.02. The van der Waals surface area contributed by atoms with Gasteiger partial charge in [0.15, 0.2) is 5.96 Å². The van der Waals surface area contributed by atoms with Crippen molar-refractivity contribution in [3.8, 4) is 0 Å². The second-order valence-electron chi connectivity index (χ2n) is 4.00. The Kier molecular flexibility index (Phi) is 6.18. The van der Waals surface area contributed by atoms with E-state index in [1.807, 2.05) is 0 Å². The van der Waals surface area contributed by atoms with Gasteiger partial charge in [-0.2, -0.15) is 0 Å². The molecule has 0 aromatic heterocycles. The molecule has 1 saturated heterocycles. The van der Waals surface area contributed by atoms with Crippen molar-refractivity contribution >= 4 is 5.96 Å². The molecule has 1 atom stereocenters. The molecule has 0 aromatic carbocycles. The minimum absolute atomic E-state index is 0.228. The second kappa shape index (κ2) is 7.46. The number of rotatable bonds is 4. The summed E-state index contributed by atoms with van der Waals surface area (Å²) < 4.78 is 5.65. The molecule has 1 aliphatic rings. The Labute approximate surface area is 98.3 Å². The van der Waals surface area contributed by atoms with Gasteiger partial charge in [0.25, 0.3) is 0 Å². The van der Waals surface area contributed by atoms with E-state index in [1.165, 1.54) is 0 Å². The number of ether oxygens (including phenoxy) is 1. The van der Waals surface area contributed by atoms with Crippen molar-refractivity contribution in [2.75, 3.05) is 46.4 Å². The SMILES string of the molecule is CCNC(=NCC1CN(C)CCO1)NCC. The fourth-order valence-corrected chi connectivity index (χ4v) is 1.68. The molecule has 16 heavy (non-hydrogen) atoms. The highest BCUT2D eigenvalue weighted by Gasteiger charge is 2.16. The summed E-state index contributed by atoms with van der Waals surface area (Å²) in [5.74, 6) is 0.877. The van der Waals surface area contributed by atoms with Gasteiger partial charge in [-0.05, 0) is 20.9 Å². The van der Waals surface area contributed by atoms with Gasteiger partial charge in [0.1, 0.15) is 0 Å². The highest BCUT2D eigenvalue weighted by atomic mass is 16.5. The molecule has 0 aromatic rings. The molecule has 1 aliphatic heterocycles. The average Bonchev–Trinajstić information content (AvgIpc) is 2.27. The van der Waals surface area contributed by atoms with Crippen LogP contribution in [0.25, 0.3) is 0 Å². The van der Waals surface area contributed by atoms with E-state index in [0.717, 1.165) is 45.3 Å². The Morgan fingerprint density at radius 1 is 1.38 bits per heavy atom. The zero-order valence-corrected chi connectivity index (χ0v) is 10.6. The molecule has 5 nitrogen and oxygen atoms in total. The molecule has 0 saturated carbocycles. The third-order valence-corrected chi connectivity index (χ3v) is 2.48. The van der Waals surface area contributed by atoms with E-state index in [4.69, 9.17) is 4.74 Å². The van der Waals surface area contributed by atoms with E-state index < -0.39 is 0 Å². The predicted octanol–water partition coefficient (Wildman–Crippen LogP) is -0.108. The van der Waals surface area contributed by atoms with E-state index in [1.54, 1.807) is 0 Å². The third kappa shape index (κ3) is 4.81. The van der Waals surface area contributed by atoms with Crippen LogP contribution in [0.4, 0.5) is 0 Å². The summed E-state index contributed by atoms with van der Waals surface area (Å²) in [6, 6.07) is 0. The number of likely N-dealkylation sites (N-methyl/N-ethyl adjacent to an activating group) is 1. The molecule has 2 N–H and O–H groups in total. The van der Waals surface area contributed by atoms with Crippen LogP contribution in [0, 0.1) is 0 Å². The Bertz CT molecular complexity index is 212. The smallest absolute Gasteiger partial charge is 0.191 e. The zero-order chi connectivity index (χ0) is 11.8. The van der Waals surface area contributed by atoms with E-state index in [2.05, 4.69) is 41.4 Å². The van der Waals surface area contributed by atoms with Gasteiger partial charge in [0, 0.05) is 26.2 Å². The molecule has 1 rings (SSSR count). The first kappa shape index (κ1) is 13.3. The lowest BCUT2D eigenvalue weighted by Gasteiger charge is -2.29. The standard InChI is InChI=1S/C11H24N4O/c1-4-12-11(13-5-2)14-8-10-9-15(3)6-7-16-10/h10H,4-9H2,1-3H3,(H2,12,13,14). The Morgan fingerprint density at radius 3 is 2.62 bits per heavy atom.